The van der Waals surface area contributed by atoms with Crippen molar-refractivity contribution < 1.29 is 4.74 Å². The third-order valence-corrected chi connectivity index (χ3v) is 1.40. The predicted octanol–water partition coefficient (Wildman–Crippen LogP) is 0.761. The van der Waals surface area contributed by atoms with E-state index >= 15 is 0 Å². The Morgan fingerprint density at radius 3 is 2.92 bits per heavy atom. The molecule has 1 heterocycles. The number of nitrogens with zero attached hydrogens (tertiary/aromatic N) is 2. The van der Waals surface area contributed by atoms with Gasteiger partial charge in [-0.05, 0) is 13.1 Å². The normalized spacial score (nSPS) is 9.62. The first-order chi connectivity index (χ1) is 6.36. The summed E-state index contributed by atoms with van der Waals surface area (Å²) in [5, 5.41) is 10.8. The van der Waals surface area contributed by atoms with Crippen LogP contribution in [-0.2, 0) is 6.54 Å². The van der Waals surface area contributed by atoms with Crippen molar-refractivity contribution in [1.82, 2.24) is 15.5 Å². The first-order valence-electron chi connectivity index (χ1n) is 4.07. The van der Waals surface area contributed by atoms with E-state index in [2.05, 4.69) is 22.1 Å². The molecule has 0 saturated heterocycles. The quantitative estimate of drug-likeness (QED) is 0.678. The molecule has 1 N–H and O–H groups in total. The Morgan fingerprint density at radius 1 is 1.54 bits per heavy atom. The maximum atomic E-state index is 5.18. The minimum absolute atomic E-state index is 0.458. The van der Waals surface area contributed by atoms with Crippen molar-refractivity contribution in [2.75, 3.05) is 13.7 Å². The summed E-state index contributed by atoms with van der Waals surface area (Å²) in [6.45, 7) is 4.71. The van der Waals surface area contributed by atoms with Gasteiger partial charge in [0.25, 0.3) is 0 Å². The molecule has 4 nitrogen and oxygen atoms in total. The molecule has 1 rings (SSSR count). The third-order valence-electron chi connectivity index (χ3n) is 1.40. The molecule has 0 unspecified atom stereocenters. The van der Waals surface area contributed by atoms with Crippen molar-refractivity contribution in [2.24, 2.45) is 0 Å². The van der Waals surface area contributed by atoms with Gasteiger partial charge in [0.1, 0.15) is 6.61 Å². The summed E-state index contributed by atoms with van der Waals surface area (Å²) >= 11 is 0. The predicted molar refractivity (Wildman–Crippen MR) is 50.5 cm³/mol. The van der Waals surface area contributed by atoms with Gasteiger partial charge >= 0.3 is 0 Å². The summed E-state index contributed by atoms with van der Waals surface area (Å²) in [5.41, 5.74) is 0.897. The number of hydrogen-bond donors (Lipinski definition) is 1. The van der Waals surface area contributed by atoms with Crippen LogP contribution in [0.1, 0.15) is 5.69 Å². The molecule has 0 bridgehead atoms. The molecule has 1 aromatic heterocycles. The van der Waals surface area contributed by atoms with E-state index in [1.54, 1.807) is 12.1 Å². The van der Waals surface area contributed by atoms with E-state index in [4.69, 9.17) is 4.74 Å². The smallest absolute Gasteiger partial charge is 0.233 e. The summed E-state index contributed by atoms with van der Waals surface area (Å²) in [7, 11) is 1.86. The van der Waals surface area contributed by atoms with Crippen LogP contribution < -0.4 is 10.1 Å². The lowest BCUT2D eigenvalue weighted by atomic mass is 10.4. The van der Waals surface area contributed by atoms with E-state index in [0.717, 1.165) is 12.2 Å². The van der Waals surface area contributed by atoms with E-state index in [1.807, 2.05) is 13.1 Å². The lowest BCUT2D eigenvalue weighted by Crippen LogP contribution is -2.08. The fraction of sp³-hybridized carbons (Fsp3) is 0.333. The molecule has 0 aliphatic rings. The van der Waals surface area contributed by atoms with Gasteiger partial charge in [-0.15, -0.1) is 5.10 Å². The topological polar surface area (TPSA) is 47.0 Å². The zero-order valence-corrected chi connectivity index (χ0v) is 7.66. The number of ether oxygens (including phenoxy) is 1. The minimum atomic E-state index is 0.458. The van der Waals surface area contributed by atoms with Crippen LogP contribution in [0.25, 0.3) is 0 Å². The Kier molecular flexibility index (Phi) is 3.92. The Bertz CT molecular complexity index is 258. The zero-order valence-electron chi connectivity index (χ0n) is 7.66. The lowest BCUT2D eigenvalue weighted by molar-refractivity contribution is 0.343. The largest absolute Gasteiger partial charge is 0.472 e. The fourth-order valence-corrected chi connectivity index (χ4v) is 0.844. The van der Waals surface area contributed by atoms with Crippen molar-refractivity contribution in [3.8, 4) is 5.88 Å². The van der Waals surface area contributed by atoms with Gasteiger partial charge in [0.2, 0.25) is 5.88 Å². The van der Waals surface area contributed by atoms with Gasteiger partial charge in [-0.2, -0.15) is 5.10 Å². The molecular weight excluding hydrogens is 166 g/mol. The van der Waals surface area contributed by atoms with E-state index < -0.39 is 0 Å². The molecule has 0 saturated carbocycles. The maximum Gasteiger partial charge on any atom is 0.233 e. The number of nitrogens with one attached hydrogen (secondary N) is 1. The van der Waals surface area contributed by atoms with Crippen LogP contribution in [-0.4, -0.2) is 23.9 Å². The maximum absolute atomic E-state index is 5.18. The van der Waals surface area contributed by atoms with Crippen molar-refractivity contribution >= 4 is 0 Å². The van der Waals surface area contributed by atoms with Crippen LogP contribution in [0.3, 0.4) is 0 Å². The molecule has 0 radical (unpaired) electrons. The Morgan fingerprint density at radius 2 is 2.38 bits per heavy atom. The first kappa shape index (κ1) is 9.67. The highest BCUT2D eigenvalue weighted by molar-refractivity contribution is 5.11. The van der Waals surface area contributed by atoms with Crippen molar-refractivity contribution in [1.29, 1.82) is 0 Å². The monoisotopic (exact) mass is 179 g/mol. The van der Waals surface area contributed by atoms with Gasteiger partial charge in [0, 0.05) is 12.6 Å². The molecule has 0 spiro atoms. The molecule has 1 aromatic rings. The summed E-state index contributed by atoms with van der Waals surface area (Å²) in [4.78, 5) is 0. The highest BCUT2D eigenvalue weighted by atomic mass is 16.5. The van der Waals surface area contributed by atoms with Gasteiger partial charge in [0.15, 0.2) is 0 Å². The average molecular weight is 179 g/mol. The van der Waals surface area contributed by atoms with Crippen LogP contribution in [0, 0.1) is 0 Å². The van der Waals surface area contributed by atoms with Gasteiger partial charge in [-0.25, -0.2) is 0 Å². The first-order valence-corrected chi connectivity index (χ1v) is 4.07. The molecule has 4 heteroatoms. The summed E-state index contributed by atoms with van der Waals surface area (Å²) in [5.74, 6) is 0.528. The lowest BCUT2D eigenvalue weighted by Gasteiger charge is -2.01. The zero-order chi connectivity index (χ0) is 9.52. The van der Waals surface area contributed by atoms with Crippen LogP contribution in [0.4, 0.5) is 0 Å². The minimum Gasteiger partial charge on any atom is -0.472 e. The van der Waals surface area contributed by atoms with Gasteiger partial charge in [0.05, 0.1) is 5.69 Å². The van der Waals surface area contributed by atoms with E-state index in [1.165, 1.54) is 0 Å². The summed E-state index contributed by atoms with van der Waals surface area (Å²) < 4.78 is 5.18. The third kappa shape index (κ3) is 3.21. The van der Waals surface area contributed by atoms with Gasteiger partial charge in [-0.1, -0.05) is 12.7 Å². The highest BCUT2D eigenvalue weighted by Gasteiger charge is 1.95. The van der Waals surface area contributed by atoms with Gasteiger partial charge in [-0.3, -0.25) is 0 Å². The summed E-state index contributed by atoms with van der Waals surface area (Å²) in [6.07, 6.45) is 1.67. The molecule has 0 atom stereocenters. The van der Waals surface area contributed by atoms with Crippen LogP contribution in [0.5, 0.6) is 5.88 Å². The van der Waals surface area contributed by atoms with E-state index in [0.29, 0.717) is 12.5 Å². The number of hydrogen-bond acceptors (Lipinski definition) is 4. The Labute approximate surface area is 77.6 Å². The fourth-order valence-electron chi connectivity index (χ4n) is 0.844. The number of rotatable bonds is 5. The molecule has 0 fully saturated rings. The van der Waals surface area contributed by atoms with E-state index in [9.17, 15) is 0 Å². The molecule has 0 aromatic carbocycles. The molecule has 0 amide bonds. The standard InChI is InChI=1S/C9H13N3O/c1-3-6-13-9-5-4-8(7-10-2)11-12-9/h3-5,10H,1,6-7H2,2H3. The van der Waals surface area contributed by atoms with Crippen LogP contribution >= 0.6 is 0 Å². The van der Waals surface area contributed by atoms with Crippen LogP contribution in [0.2, 0.25) is 0 Å². The number of aromatic nitrogens is 2. The molecule has 70 valence electrons. The van der Waals surface area contributed by atoms with Crippen LogP contribution in [0.15, 0.2) is 24.8 Å². The SMILES string of the molecule is C=CCOc1ccc(CNC)nn1. The van der Waals surface area contributed by atoms with Crippen molar-refractivity contribution in [2.45, 2.75) is 6.54 Å². The summed E-state index contributed by atoms with van der Waals surface area (Å²) in [6, 6.07) is 3.67. The molecular formula is C9H13N3O. The Balaban J connectivity index is 2.53. The molecule has 13 heavy (non-hydrogen) atoms. The Hall–Kier alpha value is -1.42. The average Bonchev–Trinajstić information content (AvgIpc) is 2.17. The van der Waals surface area contributed by atoms with Gasteiger partial charge < -0.3 is 10.1 Å². The second-order valence-corrected chi connectivity index (χ2v) is 2.49. The second-order valence-electron chi connectivity index (χ2n) is 2.49. The second kappa shape index (κ2) is 5.27. The van der Waals surface area contributed by atoms with E-state index in [-0.39, 0.29) is 0 Å². The van der Waals surface area contributed by atoms with Crippen molar-refractivity contribution in [3.63, 3.8) is 0 Å². The molecule has 0 aliphatic carbocycles. The highest BCUT2D eigenvalue weighted by Crippen LogP contribution is 2.04. The van der Waals surface area contributed by atoms with Crippen molar-refractivity contribution in [3.05, 3.63) is 30.5 Å². The molecule has 0 aliphatic heterocycles.